The van der Waals surface area contributed by atoms with Gasteiger partial charge in [-0.2, -0.15) is 5.26 Å². The van der Waals surface area contributed by atoms with Crippen LogP contribution in [0.15, 0.2) is 0 Å². The molecule has 3 unspecified atom stereocenters. The van der Waals surface area contributed by atoms with Crippen molar-refractivity contribution in [2.24, 2.45) is 5.92 Å². The molecule has 4 nitrogen and oxygen atoms in total. The number of carbonyl (C=O) groups is 1. The van der Waals surface area contributed by atoms with E-state index in [4.69, 9.17) is 10.00 Å². The highest BCUT2D eigenvalue weighted by Crippen LogP contribution is 2.23. The van der Waals surface area contributed by atoms with Gasteiger partial charge in [0, 0.05) is 6.61 Å². The molecule has 0 aliphatic carbocycles. The Morgan fingerprint density at radius 3 is 2.93 bits per heavy atom. The molecule has 1 heterocycles. The number of nitrogens with one attached hydrogen (secondary N) is 1. The summed E-state index contributed by atoms with van der Waals surface area (Å²) in [6, 6.07) is 1.70. The Morgan fingerprint density at radius 1 is 1.67 bits per heavy atom. The second-order valence-corrected chi connectivity index (χ2v) is 3.81. The number of ether oxygens (including phenoxy) is 1. The van der Waals surface area contributed by atoms with Gasteiger partial charge in [0.25, 0.3) is 0 Å². The quantitative estimate of drug-likeness (QED) is 0.758. The highest BCUT2D eigenvalue weighted by Gasteiger charge is 2.33. The van der Waals surface area contributed by atoms with Crippen LogP contribution in [0.4, 0.5) is 0 Å². The van der Waals surface area contributed by atoms with E-state index in [1.165, 1.54) is 0 Å². The summed E-state index contributed by atoms with van der Waals surface area (Å²) in [7, 11) is 0. The molecular weight excluding hydrogens is 192 g/mol. The van der Waals surface area contributed by atoms with Crippen LogP contribution < -0.4 is 5.32 Å². The molecule has 1 rings (SSSR count). The molecule has 1 saturated heterocycles. The SMILES string of the molecule is CCC(C#N)NC(=O)C1CCOC1CC. The third-order valence-electron chi connectivity index (χ3n) is 2.83. The van der Waals surface area contributed by atoms with Crippen LogP contribution in [-0.2, 0) is 9.53 Å². The zero-order valence-electron chi connectivity index (χ0n) is 9.32. The summed E-state index contributed by atoms with van der Waals surface area (Å²) in [5.74, 6) is -0.106. The van der Waals surface area contributed by atoms with Crippen molar-refractivity contribution < 1.29 is 9.53 Å². The molecule has 0 radical (unpaired) electrons. The lowest BCUT2D eigenvalue weighted by molar-refractivity contribution is -0.127. The van der Waals surface area contributed by atoms with Gasteiger partial charge in [-0.1, -0.05) is 13.8 Å². The van der Waals surface area contributed by atoms with E-state index < -0.39 is 0 Å². The molecule has 1 aliphatic rings. The number of rotatable bonds is 4. The zero-order valence-corrected chi connectivity index (χ0v) is 9.32. The molecular formula is C11H18N2O2. The Bertz CT molecular complexity index is 260. The van der Waals surface area contributed by atoms with Gasteiger partial charge in [0.2, 0.25) is 5.91 Å². The van der Waals surface area contributed by atoms with Crippen molar-refractivity contribution in [1.82, 2.24) is 5.32 Å². The van der Waals surface area contributed by atoms with Crippen molar-refractivity contribution in [3.63, 3.8) is 0 Å². The number of carbonyl (C=O) groups excluding carboxylic acids is 1. The molecule has 1 amide bonds. The van der Waals surface area contributed by atoms with Gasteiger partial charge >= 0.3 is 0 Å². The van der Waals surface area contributed by atoms with E-state index in [1.54, 1.807) is 0 Å². The van der Waals surface area contributed by atoms with Gasteiger partial charge in [0.1, 0.15) is 6.04 Å². The lowest BCUT2D eigenvalue weighted by Crippen LogP contribution is -2.40. The second-order valence-electron chi connectivity index (χ2n) is 3.81. The molecule has 0 aromatic heterocycles. The first kappa shape index (κ1) is 12.0. The number of nitrogens with zero attached hydrogens (tertiary/aromatic N) is 1. The van der Waals surface area contributed by atoms with Crippen molar-refractivity contribution in [1.29, 1.82) is 5.26 Å². The first-order valence-corrected chi connectivity index (χ1v) is 5.54. The summed E-state index contributed by atoms with van der Waals surface area (Å²) < 4.78 is 5.44. The molecule has 1 fully saturated rings. The average Bonchev–Trinajstić information content (AvgIpc) is 2.73. The van der Waals surface area contributed by atoms with Crippen molar-refractivity contribution >= 4 is 5.91 Å². The van der Waals surface area contributed by atoms with Gasteiger partial charge in [0.15, 0.2) is 0 Å². The maximum Gasteiger partial charge on any atom is 0.226 e. The Hall–Kier alpha value is -1.08. The maximum absolute atomic E-state index is 11.8. The third-order valence-corrected chi connectivity index (χ3v) is 2.83. The normalized spacial score (nSPS) is 27.0. The molecule has 0 aromatic carbocycles. The molecule has 0 bridgehead atoms. The van der Waals surface area contributed by atoms with E-state index in [2.05, 4.69) is 11.4 Å². The van der Waals surface area contributed by atoms with E-state index in [1.807, 2.05) is 13.8 Å². The molecule has 4 heteroatoms. The van der Waals surface area contributed by atoms with Gasteiger partial charge in [-0.05, 0) is 19.3 Å². The molecule has 0 saturated carbocycles. The third kappa shape index (κ3) is 2.93. The molecule has 84 valence electrons. The van der Waals surface area contributed by atoms with E-state index >= 15 is 0 Å². The van der Waals surface area contributed by atoms with Crippen molar-refractivity contribution in [2.45, 2.75) is 45.3 Å². The lowest BCUT2D eigenvalue weighted by Gasteiger charge is -2.18. The minimum atomic E-state index is -0.365. The topological polar surface area (TPSA) is 62.1 Å². The Morgan fingerprint density at radius 2 is 2.40 bits per heavy atom. The van der Waals surface area contributed by atoms with Gasteiger partial charge in [-0.25, -0.2) is 0 Å². The van der Waals surface area contributed by atoms with E-state index in [0.29, 0.717) is 13.0 Å². The minimum absolute atomic E-state index is 0.0289. The Labute approximate surface area is 90.6 Å². The first-order chi connectivity index (χ1) is 7.22. The summed E-state index contributed by atoms with van der Waals surface area (Å²) >= 11 is 0. The van der Waals surface area contributed by atoms with Crippen LogP contribution in [0.25, 0.3) is 0 Å². The largest absolute Gasteiger partial charge is 0.377 e. The minimum Gasteiger partial charge on any atom is -0.377 e. The fourth-order valence-electron chi connectivity index (χ4n) is 1.86. The summed E-state index contributed by atoms with van der Waals surface area (Å²) in [6.07, 6.45) is 2.29. The lowest BCUT2D eigenvalue weighted by atomic mass is 9.98. The molecule has 3 atom stereocenters. The standard InChI is InChI=1S/C11H18N2O2/c1-3-8(7-12)13-11(14)9-5-6-15-10(9)4-2/h8-10H,3-6H2,1-2H3,(H,13,14). The molecule has 15 heavy (non-hydrogen) atoms. The van der Waals surface area contributed by atoms with Gasteiger partial charge in [0.05, 0.1) is 18.1 Å². The predicted octanol–water partition coefficient (Wildman–Crippen LogP) is 1.22. The van der Waals surface area contributed by atoms with Crippen LogP contribution in [0.5, 0.6) is 0 Å². The van der Waals surface area contributed by atoms with Gasteiger partial charge in [-0.15, -0.1) is 0 Å². The fourth-order valence-corrected chi connectivity index (χ4v) is 1.86. The van der Waals surface area contributed by atoms with Crippen LogP contribution in [-0.4, -0.2) is 24.7 Å². The predicted molar refractivity (Wildman–Crippen MR) is 56.0 cm³/mol. The number of hydrogen-bond acceptors (Lipinski definition) is 3. The number of hydrogen-bond donors (Lipinski definition) is 1. The maximum atomic E-state index is 11.8. The summed E-state index contributed by atoms with van der Waals surface area (Å²) in [5, 5.41) is 11.5. The highest BCUT2D eigenvalue weighted by molar-refractivity contribution is 5.80. The van der Waals surface area contributed by atoms with Crippen LogP contribution in [0.3, 0.4) is 0 Å². The van der Waals surface area contributed by atoms with E-state index in [9.17, 15) is 4.79 Å². The average molecular weight is 210 g/mol. The molecule has 1 aliphatic heterocycles. The van der Waals surface area contributed by atoms with E-state index in [0.717, 1.165) is 12.8 Å². The molecule has 0 aromatic rings. The Kier molecular flexibility index (Phi) is 4.57. The van der Waals surface area contributed by atoms with Gasteiger partial charge < -0.3 is 10.1 Å². The summed E-state index contributed by atoms with van der Waals surface area (Å²) in [4.78, 5) is 11.8. The van der Waals surface area contributed by atoms with Gasteiger partial charge in [-0.3, -0.25) is 4.79 Å². The van der Waals surface area contributed by atoms with Crippen molar-refractivity contribution in [2.75, 3.05) is 6.61 Å². The van der Waals surface area contributed by atoms with Crippen LogP contribution >= 0.6 is 0 Å². The van der Waals surface area contributed by atoms with Crippen LogP contribution in [0.1, 0.15) is 33.1 Å². The zero-order chi connectivity index (χ0) is 11.3. The Balaban J connectivity index is 2.49. The van der Waals surface area contributed by atoms with E-state index in [-0.39, 0.29) is 24.0 Å². The van der Waals surface area contributed by atoms with Crippen LogP contribution in [0.2, 0.25) is 0 Å². The highest BCUT2D eigenvalue weighted by atomic mass is 16.5. The van der Waals surface area contributed by atoms with Crippen molar-refractivity contribution in [3.8, 4) is 6.07 Å². The fraction of sp³-hybridized carbons (Fsp3) is 0.818. The monoisotopic (exact) mass is 210 g/mol. The molecule has 0 spiro atoms. The summed E-state index contributed by atoms with van der Waals surface area (Å²) in [5.41, 5.74) is 0. The smallest absolute Gasteiger partial charge is 0.226 e. The van der Waals surface area contributed by atoms with Crippen LogP contribution in [0, 0.1) is 17.2 Å². The molecule has 1 N–H and O–H groups in total. The number of nitriles is 1. The summed E-state index contributed by atoms with van der Waals surface area (Å²) in [6.45, 7) is 4.55. The van der Waals surface area contributed by atoms with Crippen molar-refractivity contribution in [3.05, 3.63) is 0 Å². The first-order valence-electron chi connectivity index (χ1n) is 5.54. The second kappa shape index (κ2) is 5.72. The number of amides is 1.